The standard InChI is InChI=1S/C8H18O5S/c1-5(13-3)6(9)7(10)8(11)14-4-12-2/h5-11H,4H2,1-3H3. The molecule has 14 heavy (non-hydrogen) atoms. The summed E-state index contributed by atoms with van der Waals surface area (Å²) in [6.07, 6.45) is -2.88. The molecular formula is C8H18O5S. The Bertz CT molecular complexity index is 146. The first-order valence-corrected chi connectivity index (χ1v) is 5.27. The molecule has 0 aliphatic carbocycles. The Hall–Kier alpha value is 0.150. The summed E-state index contributed by atoms with van der Waals surface area (Å²) < 4.78 is 9.53. The van der Waals surface area contributed by atoms with E-state index in [1.165, 1.54) is 14.2 Å². The number of hydrogen-bond donors (Lipinski definition) is 3. The van der Waals surface area contributed by atoms with Gasteiger partial charge in [0, 0.05) is 14.2 Å². The van der Waals surface area contributed by atoms with E-state index in [-0.39, 0.29) is 5.94 Å². The first kappa shape index (κ1) is 14.2. The maximum Gasteiger partial charge on any atom is 0.130 e. The highest BCUT2D eigenvalue weighted by molar-refractivity contribution is 7.99. The van der Waals surface area contributed by atoms with Gasteiger partial charge >= 0.3 is 0 Å². The Morgan fingerprint density at radius 3 is 2.14 bits per heavy atom. The van der Waals surface area contributed by atoms with Crippen molar-refractivity contribution in [2.45, 2.75) is 30.7 Å². The third-order valence-corrected chi connectivity index (χ3v) is 2.84. The molecule has 3 N–H and O–H groups in total. The van der Waals surface area contributed by atoms with E-state index in [2.05, 4.69) is 0 Å². The number of methoxy groups -OCH3 is 2. The highest BCUT2D eigenvalue weighted by Gasteiger charge is 2.29. The average molecular weight is 226 g/mol. The van der Waals surface area contributed by atoms with Crippen molar-refractivity contribution in [2.75, 3.05) is 20.2 Å². The summed E-state index contributed by atoms with van der Waals surface area (Å²) in [4.78, 5) is 0. The van der Waals surface area contributed by atoms with Crippen LogP contribution in [0.25, 0.3) is 0 Å². The number of thioether (sulfide) groups is 1. The fraction of sp³-hybridized carbons (Fsp3) is 1.00. The molecule has 0 saturated heterocycles. The number of hydrogen-bond acceptors (Lipinski definition) is 6. The van der Waals surface area contributed by atoms with Crippen LogP contribution in [0.5, 0.6) is 0 Å². The molecule has 4 unspecified atom stereocenters. The van der Waals surface area contributed by atoms with Crippen LogP contribution < -0.4 is 0 Å². The van der Waals surface area contributed by atoms with Crippen LogP contribution in [0.2, 0.25) is 0 Å². The van der Waals surface area contributed by atoms with Crippen LogP contribution in [0.1, 0.15) is 6.92 Å². The monoisotopic (exact) mass is 226 g/mol. The SMILES string of the molecule is COCSC(O)C(O)C(O)C(C)OC. The molecule has 0 radical (unpaired) electrons. The molecule has 0 heterocycles. The van der Waals surface area contributed by atoms with E-state index in [1.54, 1.807) is 6.92 Å². The van der Waals surface area contributed by atoms with Crippen molar-refractivity contribution in [3.63, 3.8) is 0 Å². The average Bonchev–Trinajstić information content (AvgIpc) is 2.22. The summed E-state index contributed by atoms with van der Waals surface area (Å²) in [5.41, 5.74) is -1.08. The second kappa shape index (κ2) is 7.44. The molecule has 0 rings (SSSR count). The third kappa shape index (κ3) is 4.59. The molecule has 5 nitrogen and oxygen atoms in total. The second-order valence-corrected chi connectivity index (χ2v) is 3.94. The van der Waals surface area contributed by atoms with Gasteiger partial charge in [0.1, 0.15) is 17.6 Å². The zero-order valence-electron chi connectivity index (χ0n) is 8.58. The molecule has 0 amide bonds. The van der Waals surface area contributed by atoms with Gasteiger partial charge in [-0.2, -0.15) is 0 Å². The van der Waals surface area contributed by atoms with Crippen LogP contribution in [0.15, 0.2) is 0 Å². The predicted molar refractivity (Wildman–Crippen MR) is 54.0 cm³/mol. The molecule has 0 fully saturated rings. The number of rotatable bonds is 7. The summed E-state index contributed by atoms with van der Waals surface area (Å²) >= 11 is 1.01. The van der Waals surface area contributed by atoms with Crippen molar-refractivity contribution in [1.29, 1.82) is 0 Å². The van der Waals surface area contributed by atoms with Crippen LogP contribution in [-0.2, 0) is 9.47 Å². The van der Waals surface area contributed by atoms with Crippen molar-refractivity contribution >= 4 is 11.8 Å². The van der Waals surface area contributed by atoms with Crippen molar-refractivity contribution in [3.05, 3.63) is 0 Å². The predicted octanol–water partition coefficient (Wildman–Crippen LogP) is -0.601. The summed E-state index contributed by atoms with van der Waals surface area (Å²) in [7, 11) is 2.91. The summed E-state index contributed by atoms with van der Waals surface area (Å²) in [5.74, 6) is 0.256. The van der Waals surface area contributed by atoms with E-state index in [0.29, 0.717) is 0 Å². The summed E-state index contributed by atoms with van der Waals surface area (Å²) in [5, 5.41) is 28.3. The molecule has 6 heteroatoms. The van der Waals surface area contributed by atoms with E-state index in [4.69, 9.17) is 9.47 Å². The summed E-state index contributed by atoms with van der Waals surface area (Å²) in [6, 6.07) is 0. The van der Waals surface area contributed by atoms with E-state index >= 15 is 0 Å². The minimum atomic E-state index is -1.25. The van der Waals surface area contributed by atoms with E-state index in [0.717, 1.165) is 11.8 Å². The normalized spacial score (nSPS) is 20.1. The molecule has 0 aromatic rings. The molecule has 0 bridgehead atoms. The quantitative estimate of drug-likeness (QED) is 0.503. The van der Waals surface area contributed by atoms with Gasteiger partial charge in [0.2, 0.25) is 0 Å². The van der Waals surface area contributed by atoms with Crippen LogP contribution in [0.4, 0.5) is 0 Å². The van der Waals surface area contributed by atoms with Gasteiger partial charge in [-0.15, -0.1) is 0 Å². The fourth-order valence-corrected chi connectivity index (χ4v) is 1.46. The fourth-order valence-electron chi connectivity index (χ4n) is 0.822. The number of aliphatic hydroxyl groups is 3. The molecule has 0 aromatic heterocycles. The maximum atomic E-state index is 9.47. The Morgan fingerprint density at radius 2 is 1.71 bits per heavy atom. The summed E-state index contributed by atoms with van der Waals surface area (Å²) in [6.45, 7) is 1.61. The second-order valence-electron chi connectivity index (χ2n) is 2.89. The van der Waals surface area contributed by atoms with Gasteiger partial charge in [0.25, 0.3) is 0 Å². The topological polar surface area (TPSA) is 79.2 Å². The van der Waals surface area contributed by atoms with Crippen molar-refractivity contribution < 1.29 is 24.8 Å². The molecule has 0 aliphatic heterocycles. The zero-order valence-corrected chi connectivity index (χ0v) is 9.40. The van der Waals surface area contributed by atoms with E-state index in [1.807, 2.05) is 0 Å². The Kier molecular flexibility index (Phi) is 7.52. The van der Waals surface area contributed by atoms with Gasteiger partial charge < -0.3 is 24.8 Å². The minimum Gasteiger partial charge on any atom is -0.388 e. The van der Waals surface area contributed by atoms with E-state index in [9.17, 15) is 15.3 Å². The lowest BCUT2D eigenvalue weighted by molar-refractivity contribution is -0.0899. The lowest BCUT2D eigenvalue weighted by Gasteiger charge is -2.25. The molecule has 0 aromatic carbocycles. The van der Waals surface area contributed by atoms with Gasteiger partial charge in [0.05, 0.1) is 12.0 Å². The zero-order chi connectivity index (χ0) is 11.1. The van der Waals surface area contributed by atoms with Crippen LogP contribution in [-0.4, -0.2) is 59.2 Å². The van der Waals surface area contributed by atoms with Crippen LogP contribution in [0, 0.1) is 0 Å². The lowest BCUT2D eigenvalue weighted by atomic mass is 10.1. The highest BCUT2D eigenvalue weighted by atomic mass is 32.2. The molecular weight excluding hydrogens is 208 g/mol. The lowest BCUT2D eigenvalue weighted by Crippen LogP contribution is -2.42. The van der Waals surface area contributed by atoms with E-state index < -0.39 is 23.7 Å². The molecule has 0 spiro atoms. The minimum absolute atomic E-state index is 0.256. The van der Waals surface area contributed by atoms with Gasteiger partial charge in [-0.05, 0) is 6.92 Å². The Morgan fingerprint density at radius 1 is 1.14 bits per heavy atom. The van der Waals surface area contributed by atoms with Gasteiger partial charge in [-0.3, -0.25) is 0 Å². The molecule has 0 aliphatic rings. The van der Waals surface area contributed by atoms with Crippen molar-refractivity contribution in [2.24, 2.45) is 0 Å². The smallest absolute Gasteiger partial charge is 0.130 e. The van der Waals surface area contributed by atoms with Crippen LogP contribution in [0.3, 0.4) is 0 Å². The molecule has 0 saturated carbocycles. The van der Waals surface area contributed by atoms with Gasteiger partial charge in [-0.1, -0.05) is 11.8 Å². The van der Waals surface area contributed by atoms with Crippen molar-refractivity contribution in [3.8, 4) is 0 Å². The van der Waals surface area contributed by atoms with Gasteiger partial charge in [-0.25, -0.2) is 0 Å². The number of aliphatic hydroxyl groups excluding tert-OH is 3. The first-order chi connectivity index (χ1) is 6.54. The Balaban J connectivity index is 3.95. The third-order valence-electron chi connectivity index (χ3n) is 1.85. The maximum absolute atomic E-state index is 9.47. The first-order valence-electron chi connectivity index (χ1n) is 4.22. The van der Waals surface area contributed by atoms with Crippen LogP contribution >= 0.6 is 11.8 Å². The molecule has 4 atom stereocenters. The van der Waals surface area contributed by atoms with Gasteiger partial charge in [0.15, 0.2) is 0 Å². The van der Waals surface area contributed by atoms with Crippen molar-refractivity contribution in [1.82, 2.24) is 0 Å². The number of ether oxygens (including phenoxy) is 2. The highest BCUT2D eigenvalue weighted by Crippen LogP contribution is 2.16. The Labute approximate surface area is 88.0 Å². The largest absolute Gasteiger partial charge is 0.388 e. The molecule has 86 valence electrons.